The van der Waals surface area contributed by atoms with Crippen molar-refractivity contribution in [2.24, 2.45) is 0 Å². The molecule has 0 saturated heterocycles. The molecule has 2 aliphatic rings. The fourth-order valence-corrected chi connectivity index (χ4v) is 2.79. The van der Waals surface area contributed by atoms with E-state index in [1.807, 2.05) is 20.8 Å². The Morgan fingerprint density at radius 3 is 2.77 bits per heavy atom. The van der Waals surface area contributed by atoms with Gasteiger partial charge < -0.3 is 14.4 Å². The van der Waals surface area contributed by atoms with Crippen molar-refractivity contribution in [2.45, 2.75) is 39.2 Å². The maximum atomic E-state index is 12.1. The quantitative estimate of drug-likeness (QED) is 0.795. The van der Waals surface area contributed by atoms with Gasteiger partial charge in [0.1, 0.15) is 11.4 Å². The summed E-state index contributed by atoms with van der Waals surface area (Å²) in [7, 11) is 0. The normalized spacial score (nSPS) is 17.6. The molecular formula is C18H23NO3. The van der Waals surface area contributed by atoms with Crippen LogP contribution in [0.3, 0.4) is 0 Å². The summed E-state index contributed by atoms with van der Waals surface area (Å²) in [6.45, 7) is 7.74. The monoisotopic (exact) mass is 301 g/mol. The standard InChI is InChI=1S/C18H23NO3/c1-18(2,3)22-17(20)19-9-6-13(7-10-19)15-5-4-14-8-11-21-16(14)12-15/h4-6,12H,7-11H2,1-3H3. The highest BCUT2D eigenvalue weighted by atomic mass is 16.6. The maximum Gasteiger partial charge on any atom is 0.410 e. The van der Waals surface area contributed by atoms with E-state index in [2.05, 4.69) is 24.3 Å². The smallest absolute Gasteiger partial charge is 0.410 e. The van der Waals surface area contributed by atoms with Gasteiger partial charge in [-0.25, -0.2) is 4.79 Å². The number of hydrogen-bond acceptors (Lipinski definition) is 3. The molecule has 2 aliphatic heterocycles. The Morgan fingerprint density at radius 1 is 1.27 bits per heavy atom. The van der Waals surface area contributed by atoms with E-state index < -0.39 is 5.60 Å². The van der Waals surface area contributed by atoms with Crippen molar-refractivity contribution >= 4 is 11.7 Å². The lowest BCUT2D eigenvalue weighted by Crippen LogP contribution is -2.39. The van der Waals surface area contributed by atoms with E-state index in [0.717, 1.165) is 25.2 Å². The first-order chi connectivity index (χ1) is 10.4. The molecule has 0 N–H and O–H groups in total. The summed E-state index contributed by atoms with van der Waals surface area (Å²) in [6.07, 6.45) is 3.73. The van der Waals surface area contributed by atoms with Gasteiger partial charge in [0, 0.05) is 19.5 Å². The molecule has 0 unspecified atom stereocenters. The van der Waals surface area contributed by atoms with Crippen LogP contribution in [0.4, 0.5) is 4.79 Å². The second-order valence-electron chi connectivity index (χ2n) is 6.83. The minimum atomic E-state index is -0.446. The van der Waals surface area contributed by atoms with Gasteiger partial charge >= 0.3 is 6.09 Å². The first-order valence-electron chi connectivity index (χ1n) is 7.85. The third kappa shape index (κ3) is 3.26. The van der Waals surface area contributed by atoms with Gasteiger partial charge in [0.25, 0.3) is 0 Å². The van der Waals surface area contributed by atoms with Crippen LogP contribution in [-0.4, -0.2) is 36.3 Å². The van der Waals surface area contributed by atoms with Gasteiger partial charge in [0.15, 0.2) is 0 Å². The molecule has 0 atom stereocenters. The van der Waals surface area contributed by atoms with Gasteiger partial charge in [-0.3, -0.25) is 0 Å². The predicted molar refractivity (Wildman–Crippen MR) is 86.0 cm³/mol. The van der Waals surface area contributed by atoms with Gasteiger partial charge in [0.2, 0.25) is 0 Å². The lowest BCUT2D eigenvalue weighted by Gasteiger charge is -2.29. The zero-order valence-corrected chi connectivity index (χ0v) is 13.5. The molecule has 0 aliphatic carbocycles. The molecule has 118 valence electrons. The molecule has 0 spiro atoms. The minimum Gasteiger partial charge on any atom is -0.493 e. The molecule has 2 heterocycles. The lowest BCUT2D eigenvalue weighted by atomic mass is 9.98. The molecule has 0 saturated carbocycles. The highest BCUT2D eigenvalue weighted by molar-refractivity contribution is 5.73. The van der Waals surface area contributed by atoms with Gasteiger partial charge in [-0.15, -0.1) is 0 Å². The number of nitrogens with zero attached hydrogens (tertiary/aromatic N) is 1. The average Bonchev–Trinajstić information content (AvgIpc) is 2.93. The summed E-state index contributed by atoms with van der Waals surface area (Å²) in [5.74, 6) is 1.01. The summed E-state index contributed by atoms with van der Waals surface area (Å²) >= 11 is 0. The molecule has 1 aromatic rings. The summed E-state index contributed by atoms with van der Waals surface area (Å²) in [5.41, 5.74) is 3.32. The summed E-state index contributed by atoms with van der Waals surface area (Å²) < 4.78 is 11.0. The van der Waals surface area contributed by atoms with Crippen LogP contribution in [0.1, 0.15) is 38.3 Å². The number of benzene rings is 1. The molecule has 0 radical (unpaired) electrons. The van der Waals surface area contributed by atoms with E-state index in [-0.39, 0.29) is 6.09 Å². The van der Waals surface area contributed by atoms with E-state index >= 15 is 0 Å². The molecule has 0 aromatic heterocycles. The largest absolute Gasteiger partial charge is 0.493 e. The molecule has 0 fully saturated rings. The molecule has 4 nitrogen and oxygen atoms in total. The predicted octanol–water partition coefficient (Wildman–Crippen LogP) is 3.65. The van der Waals surface area contributed by atoms with E-state index in [4.69, 9.17) is 9.47 Å². The lowest BCUT2D eigenvalue weighted by molar-refractivity contribution is 0.0270. The van der Waals surface area contributed by atoms with Crippen molar-refractivity contribution in [1.82, 2.24) is 4.90 Å². The minimum absolute atomic E-state index is 0.236. The van der Waals surface area contributed by atoms with Gasteiger partial charge in [0.05, 0.1) is 6.61 Å². The Kier molecular flexibility index (Phi) is 3.85. The molecule has 4 heteroatoms. The molecule has 1 aromatic carbocycles. The van der Waals surface area contributed by atoms with Crippen LogP contribution >= 0.6 is 0 Å². The van der Waals surface area contributed by atoms with Crippen molar-refractivity contribution in [3.05, 3.63) is 35.4 Å². The Balaban J connectivity index is 1.67. The zero-order chi connectivity index (χ0) is 15.7. The number of carbonyl (C=O) groups is 1. The molecule has 0 bridgehead atoms. The zero-order valence-electron chi connectivity index (χ0n) is 13.5. The van der Waals surface area contributed by atoms with Gasteiger partial charge in [-0.2, -0.15) is 0 Å². The first kappa shape index (κ1) is 14.9. The maximum absolute atomic E-state index is 12.1. The number of carbonyl (C=O) groups excluding carboxylic acids is 1. The highest BCUT2D eigenvalue weighted by Crippen LogP contribution is 2.31. The van der Waals surface area contributed by atoms with Gasteiger partial charge in [-0.05, 0) is 50.0 Å². The Labute approximate surface area is 131 Å². The summed E-state index contributed by atoms with van der Waals surface area (Å²) in [6, 6.07) is 6.43. The Hall–Kier alpha value is -1.97. The van der Waals surface area contributed by atoms with Crippen LogP contribution in [0.5, 0.6) is 5.75 Å². The van der Waals surface area contributed by atoms with Crippen LogP contribution in [0.15, 0.2) is 24.3 Å². The van der Waals surface area contributed by atoms with E-state index in [9.17, 15) is 4.79 Å². The highest BCUT2D eigenvalue weighted by Gasteiger charge is 2.24. The number of fused-ring (bicyclic) bond motifs is 1. The van der Waals surface area contributed by atoms with Crippen molar-refractivity contribution < 1.29 is 14.3 Å². The van der Waals surface area contributed by atoms with Gasteiger partial charge in [-0.1, -0.05) is 18.2 Å². The number of hydrogen-bond donors (Lipinski definition) is 0. The summed E-state index contributed by atoms with van der Waals surface area (Å²) in [4.78, 5) is 13.8. The number of ether oxygens (including phenoxy) is 2. The SMILES string of the molecule is CC(C)(C)OC(=O)N1CC=C(c2ccc3c(c2)OCC3)CC1. The molecular weight excluding hydrogens is 278 g/mol. The molecule has 1 amide bonds. The fourth-order valence-electron chi connectivity index (χ4n) is 2.79. The Morgan fingerprint density at radius 2 is 2.09 bits per heavy atom. The van der Waals surface area contributed by atoms with Crippen LogP contribution in [0.25, 0.3) is 5.57 Å². The fraction of sp³-hybridized carbons (Fsp3) is 0.500. The van der Waals surface area contributed by atoms with E-state index in [1.165, 1.54) is 16.7 Å². The van der Waals surface area contributed by atoms with Crippen molar-refractivity contribution in [2.75, 3.05) is 19.7 Å². The van der Waals surface area contributed by atoms with Crippen LogP contribution in [0, 0.1) is 0 Å². The van der Waals surface area contributed by atoms with Crippen LogP contribution in [0.2, 0.25) is 0 Å². The first-order valence-corrected chi connectivity index (χ1v) is 7.85. The molecule has 3 rings (SSSR count). The third-order valence-electron chi connectivity index (χ3n) is 3.93. The average molecular weight is 301 g/mol. The summed E-state index contributed by atoms with van der Waals surface area (Å²) in [5, 5.41) is 0. The number of amides is 1. The van der Waals surface area contributed by atoms with Crippen molar-refractivity contribution in [1.29, 1.82) is 0 Å². The topological polar surface area (TPSA) is 38.8 Å². The molecule has 22 heavy (non-hydrogen) atoms. The van der Waals surface area contributed by atoms with Crippen LogP contribution < -0.4 is 4.74 Å². The second-order valence-corrected chi connectivity index (χ2v) is 6.83. The Bertz CT molecular complexity index is 613. The number of rotatable bonds is 1. The van der Waals surface area contributed by atoms with Crippen LogP contribution in [-0.2, 0) is 11.2 Å². The van der Waals surface area contributed by atoms with E-state index in [1.54, 1.807) is 4.90 Å². The second kappa shape index (κ2) is 5.67. The van der Waals surface area contributed by atoms with Crippen molar-refractivity contribution in [3.63, 3.8) is 0 Å². The third-order valence-corrected chi connectivity index (χ3v) is 3.93. The van der Waals surface area contributed by atoms with E-state index in [0.29, 0.717) is 13.1 Å². The van der Waals surface area contributed by atoms with Crippen molar-refractivity contribution in [3.8, 4) is 5.75 Å².